The summed E-state index contributed by atoms with van der Waals surface area (Å²) in [6.45, 7) is 3.01. The quantitative estimate of drug-likeness (QED) is 0.926. The maximum Gasteiger partial charge on any atom is 0.407 e. The van der Waals surface area contributed by atoms with Gasteiger partial charge in [-0.2, -0.15) is 0 Å². The Morgan fingerprint density at radius 1 is 1.30 bits per heavy atom. The number of alkyl carbamates (subject to hydrolysis) is 1. The molecule has 1 atom stereocenters. The van der Waals surface area contributed by atoms with E-state index >= 15 is 0 Å². The van der Waals surface area contributed by atoms with Crippen molar-refractivity contribution in [3.63, 3.8) is 0 Å². The van der Waals surface area contributed by atoms with Gasteiger partial charge in [0.05, 0.1) is 7.11 Å². The first kappa shape index (κ1) is 17.2. The highest BCUT2D eigenvalue weighted by Crippen LogP contribution is 2.22. The Kier molecular flexibility index (Phi) is 5.96. The van der Waals surface area contributed by atoms with Crippen LogP contribution in [0.15, 0.2) is 24.3 Å². The Balaban J connectivity index is 1.80. The van der Waals surface area contributed by atoms with Gasteiger partial charge in [-0.05, 0) is 49.8 Å². The largest absolute Gasteiger partial charge is 0.453 e. The molecule has 0 aliphatic carbocycles. The summed E-state index contributed by atoms with van der Waals surface area (Å²) in [6.07, 6.45) is 2.12. The van der Waals surface area contributed by atoms with Crippen molar-refractivity contribution < 1.29 is 18.7 Å². The summed E-state index contributed by atoms with van der Waals surface area (Å²) in [7, 11) is 1.27. The molecule has 0 spiro atoms. The Hall–Kier alpha value is -2.11. The number of nitrogens with zero attached hydrogens (tertiary/aromatic N) is 1. The lowest BCUT2D eigenvalue weighted by Gasteiger charge is -2.33. The third-order valence-electron chi connectivity index (χ3n) is 4.25. The lowest BCUT2D eigenvalue weighted by molar-refractivity contribution is -0.134. The Morgan fingerprint density at radius 3 is 2.48 bits per heavy atom. The Morgan fingerprint density at radius 2 is 1.91 bits per heavy atom. The molecule has 6 heteroatoms. The number of ether oxygens (including phenoxy) is 1. The van der Waals surface area contributed by atoms with Crippen LogP contribution in [0, 0.1) is 11.7 Å². The average molecular weight is 322 g/mol. The van der Waals surface area contributed by atoms with Crippen LogP contribution in [-0.4, -0.2) is 43.1 Å². The molecule has 1 aliphatic rings. The van der Waals surface area contributed by atoms with Gasteiger partial charge in [-0.3, -0.25) is 4.79 Å². The summed E-state index contributed by atoms with van der Waals surface area (Å²) in [4.78, 5) is 25.2. The first-order chi connectivity index (χ1) is 11.0. The molecule has 126 valence electrons. The SMILES string of the molecule is COC(=O)NC(C)C(=O)N1CCC(Cc2ccc(F)cc2)CC1. The minimum Gasteiger partial charge on any atom is -0.453 e. The van der Waals surface area contributed by atoms with E-state index < -0.39 is 12.1 Å². The number of piperidine rings is 1. The molecular formula is C17H23FN2O3. The molecule has 0 bridgehead atoms. The van der Waals surface area contributed by atoms with Crippen LogP contribution in [0.4, 0.5) is 9.18 Å². The second kappa shape index (κ2) is 7.94. The molecule has 1 aromatic carbocycles. The summed E-state index contributed by atoms with van der Waals surface area (Å²) in [5.74, 6) is 0.185. The number of amides is 2. The number of halogens is 1. The van der Waals surface area contributed by atoms with Gasteiger partial charge in [0, 0.05) is 13.1 Å². The molecule has 1 fully saturated rings. The van der Waals surface area contributed by atoms with Gasteiger partial charge in [-0.1, -0.05) is 12.1 Å². The van der Waals surface area contributed by atoms with Crippen LogP contribution in [0.2, 0.25) is 0 Å². The van der Waals surface area contributed by atoms with E-state index in [1.54, 1.807) is 11.8 Å². The maximum atomic E-state index is 12.9. The fourth-order valence-corrected chi connectivity index (χ4v) is 2.88. The fourth-order valence-electron chi connectivity index (χ4n) is 2.88. The van der Waals surface area contributed by atoms with Crippen molar-refractivity contribution in [1.29, 1.82) is 0 Å². The highest BCUT2D eigenvalue weighted by molar-refractivity contribution is 5.85. The lowest BCUT2D eigenvalue weighted by atomic mass is 9.90. The molecular weight excluding hydrogens is 299 g/mol. The van der Waals surface area contributed by atoms with Crippen LogP contribution in [0.1, 0.15) is 25.3 Å². The fraction of sp³-hybridized carbons (Fsp3) is 0.529. The van der Waals surface area contributed by atoms with Crippen molar-refractivity contribution in [2.45, 2.75) is 32.2 Å². The van der Waals surface area contributed by atoms with Gasteiger partial charge < -0.3 is 15.0 Å². The minimum atomic E-state index is -0.600. The number of rotatable bonds is 4. The molecule has 2 amide bonds. The first-order valence-corrected chi connectivity index (χ1v) is 7.87. The summed E-state index contributed by atoms with van der Waals surface area (Å²) in [6, 6.07) is 6.00. The maximum absolute atomic E-state index is 12.9. The number of carbonyl (C=O) groups excluding carboxylic acids is 2. The van der Waals surface area contributed by atoms with E-state index in [1.807, 2.05) is 12.1 Å². The van der Waals surface area contributed by atoms with E-state index in [-0.39, 0.29) is 11.7 Å². The summed E-state index contributed by atoms with van der Waals surface area (Å²) in [5.41, 5.74) is 1.12. The topological polar surface area (TPSA) is 58.6 Å². The third kappa shape index (κ3) is 4.94. The molecule has 1 saturated heterocycles. The van der Waals surface area contributed by atoms with E-state index in [0.29, 0.717) is 19.0 Å². The predicted octanol–water partition coefficient (Wildman–Crippen LogP) is 2.35. The van der Waals surface area contributed by atoms with Gasteiger partial charge in [0.2, 0.25) is 5.91 Å². The van der Waals surface area contributed by atoms with Gasteiger partial charge in [0.25, 0.3) is 0 Å². The number of nitrogens with one attached hydrogen (secondary N) is 1. The predicted molar refractivity (Wildman–Crippen MR) is 84.4 cm³/mol. The zero-order valence-electron chi connectivity index (χ0n) is 13.5. The third-order valence-corrected chi connectivity index (χ3v) is 4.25. The van der Waals surface area contributed by atoms with Crippen LogP contribution in [0.25, 0.3) is 0 Å². The van der Waals surface area contributed by atoms with Crippen LogP contribution < -0.4 is 5.32 Å². The van der Waals surface area contributed by atoms with E-state index in [9.17, 15) is 14.0 Å². The monoisotopic (exact) mass is 322 g/mol. The molecule has 0 aromatic heterocycles. The molecule has 1 N–H and O–H groups in total. The number of benzene rings is 1. The van der Waals surface area contributed by atoms with Crippen molar-refractivity contribution in [1.82, 2.24) is 10.2 Å². The van der Waals surface area contributed by atoms with Crippen LogP contribution >= 0.6 is 0 Å². The Bertz CT molecular complexity index is 539. The molecule has 23 heavy (non-hydrogen) atoms. The molecule has 0 saturated carbocycles. The van der Waals surface area contributed by atoms with Gasteiger partial charge in [-0.25, -0.2) is 9.18 Å². The van der Waals surface area contributed by atoms with Crippen molar-refractivity contribution in [2.24, 2.45) is 5.92 Å². The smallest absolute Gasteiger partial charge is 0.407 e. The first-order valence-electron chi connectivity index (χ1n) is 7.87. The molecule has 0 radical (unpaired) electrons. The number of hydrogen-bond donors (Lipinski definition) is 1. The van der Waals surface area contributed by atoms with Crippen LogP contribution in [0.5, 0.6) is 0 Å². The van der Waals surface area contributed by atoms with Crippen molar-refractivity contribution >= 4 is 12.0 Å². The van der Waals surface area contributed by atoms with Gasteiger partial charge in [0.15, 0.2) is 0 Å². The minimum absolute atomic E-state index is 0.0874. The molecule has 1 heterocycles. The van der Waals surface area contributed by atoms with Gasteiger partial charge in [0.1, 0.15) is 11.9 Å². The standard InChI is InChI=1S/C17H23FN2O3/c1-12(19-17(22)23-2)16(21)20-9-7-14(8-10-20)11-13-3-5-15(18)6-4-13/h3-6,12,14H,7-11H2,1-2H3,(H,19,22). The summed E-state index contributed by atoms with van der Waals surface area (Å²) in [5, 5.41) is 2.50. The Labute approximate surface area is 135 Å². The number of likely N-dealkylation sites (tertiary alicyclic amines) is 1. The number of methoxy groups -OCH3 is 1. The highest BCUT2D eigenvalue weighted by Gasteiger charge is 2.27. The number of carbonyl (C=O) groups is 2. The van der Waals surface area contributed by atoms with Crippen molar-refractivity contribution in [2.75, 3.05) is 20.2 Å². The van der Waals surface area contributed by atoms with E-state index in [2.05, 4.69) is 10.1 Å². The molecule has 5 nitrogen and oxygen atoms in total. The van der Waals surface area contributed by atoms with Crippen LogP contribution in [-0.2, 0) is 16.0 Å². The van der Waals surface area contributed by atoms with E-state index in [1.165, 1.54) is 19.2 Å². The lowest BCUT2D eigenvalue weighted by Crippen LogP contribution is -2.49. The van der Waals surface area contributed by atoms with Crippen LogP contribution in [0.3, 0.4) is 0 Å². The second-order valence-corrected chi connectivity index (χ2v) is 5.96. The molecule has 1 unspecified atom stereocenters. The van der Waals surface area contributed by atoms with Crippen molar-refractivity contribution in [3.8, 4) is 0 Å². The van der Waals surface area contributed by atoms with E-state index in [0.717, 1.165) is 24.8 Å². The average Bonchev–Trinajstić information content (AvgIpc) is 2.56. The summed E-state index contributed by atoms with van der Waals surface area (Å²) < 4.78 is 17.4. The molecule has 2 rings (SSSR count). The van der Waals surface area contributed by atoms with Crippen molar-refractivity contribution in [3.05, 3.63) is 35.6 Å². The molecule has 1 aliphatic heterocycles. The second-order valence-electron chi connectivity index (χ2n) is 5.96. The normalized spacial score (nSPS) is 16.7. The zero-order valence-corrected chi connectivity index (χ0v) is 13.5. The zero-order chi connectivity index (χ0) is 16.8. The number of hydrogen-bond acceptors (Lipinski definition) is 3. The van der Waals surface area contributed by atoms with Gasteiger partial charge >= 0.3 is 6.09 Å². The highest BCUT2D eigenvalue weighted by atomic mass is 19.1. The van der Waals surface area contributed by atoms with Gasteiger partial charge in [-0.15, -0.1) is 0 Å². The van der Waals surface area contributed by atoms with E-state index in [4.69, 9.17) is 0 Å². The molecule has 1 aromatic rings. The summed E-state index contributed by atoms with van der Waals surface area (Å²) >= 11 is 0.